The Labute approximate surface area is 95.7 Å². The van der Waals surface area contributed by atoms with E-state index in [1.807, 2.05) is 0 Å². The van der Waals surface area contributed by atoms with Crippen LogP contribution in [0.4, 0.5) is 11.5 Å². The lowest BCUT2D eigenvalue weighted by Gasteiger charge is -2.05. The summed E-state index contributed by atoms with van der Waals surface area (Å²) in [5, 5.41) is 13.5. The third kappa shape index (κ3) is 3.58. The van der Waals surface area contributed by atoms with Gasteiger partial charge in [-0.2, -0.15) is 0 Å². The standard InChI is InChI=1S/C9H13N3O3S/c1-7-8(12(13)14)3-4-9(11-7)10-5-6-16(2)15/h3-4H,5-6H2,1-2H3,(H,10,11). The Balaban J connectivity index is 2.66. The van der Waals surface area contributed by atoms with Gasteiger partial charge in [0.15, 0.2) is 0 Å². The van der Waals surface area contributed by atoms with Crippen molar-refractivity contribution >= 4 is 22.3 Å². The van der Waals surface area contributed by atoms with Crippen molar-refractivity contribution < 1.29 is 9.13 Å². The lowest BCUT2D eigenvalue weighted by molar-refractivity contribution is -0.385. The zero-order valence-corrected chi connectivity index (χ0v) is 9.91. The zero-order chi connectivity index (χ0) is 12.1. The van der Waals surface area contributed by atoms with E-state index in [9.17, 15) is 14.3 Å². The van der Waals surface area contributed by atoms with Crippen LogP contribution in [0.2, 0.25) is 0 Å². The van der Waals surface area contributed by atoms with Crippen molar-refractivity contribution in [2.45, 2.75) is 6.92 Å². The third-order valence-electron chi connectivity index (χ3n) is 1.95. The van der Waals surface area contributed by atoms with E-state index in [0.29, 0.717) is 23.8 Å². The van der Waals surface area contributed by atoms with Crippen molar-refractivity contribution in [3.63, 3.8) is 0 Å². The number of nitrogens with one attached hydrogen (secondary N) is 1. The number of anilines is 1. The Morgan fingerprint density at radius 2 is 2.25 bits per heavy atom. The number of nitrogens with zero attached hydrogens (tertiary/aromatic N) is 2. The van der Waals surface area contributed by atoms with E-state index in [4.69, 9.17) is 0 Å². The highest BCUT2D eigenvalue weighted by atomic mass is 32.2. The van der Waals surface area contributed by atoms with Crippen LogP contribution < -0.4 is 5.32 Å². The molecule has 0 aliphatic heterocycles. The van der Waals surface area contributed by atoms with E-state index in [1.165, 1.54) is 6.07 Å². The summed E-state index contributed by atoms with van der Waals surface area (Å²) < 4.78 is 10.8. The summed E-state index contributed by atoms with van der Waals surface area (Å²) in [6.45, 7) is 2.12. The van der Waals surface area contributed by atoms with E-state index in [1.54, 1.807) is 19.2 Å². The normalized spacial score (nSPS) is 12.1. The molecule has 16 heavy (non-hydrogen) atoms. The minimum Gasteiger partial charge on any atom is -0.369 e. The molecule has 1 N–H and O–H groups in total. The van der Waals surface area contributed by atoms with Gasteiger partial charge in [-0.15, -0.1) is 0 Å². The Hall–Kier alpha value is -1.50. The number of nitro groups is 1. The van der Waals surface area contributed by atoms with Gasteiger partial charge in [0.1, 0.15) is 11.5 Å². The van der Waals surface area contributed by atoms with E-state index in [2.05, 4.69) is 10.3 Å². The van der Waals surface area contributed by atoms with Gasteiger partial charge in [-0.1, -0.05) is 0 Å². The first kappa shape index (κ1) is 12.6. The van der Waals surface area contributed by atoms with Crippen LogP contribution in [0.1, 0.15) is 5.69 Å². The largest absolute Gasteiger partial charge is 0.369 e. The molecule has 1 unspecified atom stereocenters. The summed E-state index contributed by atoms with van der Waals surface area (Å²) in [6.07, 6.45) is 1.62. The second-order valence-corrected chi connectivity index (χ2v) is 4.82. The minimum absolute atomic E-state index is 0.00428. The number of aryl methyl sites for hydroxylation is 1. The highest BCUT2D eigenvalue weighted by molar-refractivity contribution is 7.84. The van der Waals surface area contributed by atoms with Gasteiger partial charge in [-0.25, -0.2) is 4.98 Å². The average Bonchev–Trinajstić information content (AvgIpc) is 2.16. The fourth-order valence-electron chi connectivity index (χ4n) is 1.17. The number of pyridine rings is 1. The van der Waals surface area contributed by atoms with Gasteiger partial charge in [-0.3, -0.25) is 14.3 Å². The second kappa shape index (κ2) is 5.55. The van der Waals surface area contributed by atoms with Crippen molar-refractivity contribution in [1.82, 2.24) is 4.98 Å². The molecule has 0 spiro atoms. The molecule has 1 atom stereocenters. The lowest BCUT2D eigenvalue weighted by atomic mass is 10.3. The SMILES string of the molecule is Cc1nc(NCCS(C)=O)ccc1[N+](=O)[O-]. The average molecular weight is 243 g/mol. The van der Waals surface area contributed by atoms with Gasteiger partial charge in [0.25, 0.3) is 5.69 Å². The van der Waals surface area contributed by atoms with Crippen LogP contribution in [0.3, 0.4) is 0 Å². The van der Waals surface area contributed by atoms with Crippen LogP contribution in [-0.4, -0.2) is 32.7 Å². The van der Waals surface area contributed by atoms with Gasteiger partial charge in [0.05, 0.1) is 4.92 Å². The molecule has 0 saturated carbocycles. The molecule has 88 valence electrons. The molecule has 0 aromatic carbocycles. The molecule has 7 heteroatoms. The van der Waals surface area contributed by atoms with Crippen molar-refractivity contribution in [3.05, 3.63) is 27.9 Å². The van der Waals surface area contributed by atoms with Crippen molar-refractivity contribution in [1.29, 1.82) is 0 Å². The molecule has 0 bridgehead atoms. The maximum absolute atomic E-state index is 10.8. The van der Waals surface area contributed by atoms with Gasteiger partial charge in [0.2, 0.25) is 0 Å². The van der Waals surface area contributed by atoms with Crippen molar-refractivity contribution in [3.8, 4) is 0 Å². The molecule has 0 radical (unpaired) electrons. The summed E-state index contributed by atoms with van der Waals surface area (Å²) in [7, 11) is -0.855. The summed E-state index contributed by atoms with van der Waals surface area (Å²) in [6, 6.07) is 2.96. The van der Waals surface area contributed by atoms with Crippen LogP contribution in [0.15, 0.2) is 12.1 Å². The Morgan fingerprint density at radius 3 is 2.75 bits per heavy atom. The number of rotatable bonds is 5. The summed E-state index contributed by atoms with van der Waals surface area (Å²) in [4.78, 5) is 14.1. The van der Waals surface area contributed by atoms with E-state index in [0.717, 1.165) is 0 Å². The third-order valence-corrected chi connectivity index (χ3v) is 2.73. The maximum Gasteiger partial charge on any atom is 0.290 e. The monoisotopic (exact) mass is 243 g/mol. The first-order valence-electron chi connectivity index (χ1n) is 4.66. The topological polar surface area (TPSA) is 85.1 Å². The van der Waals surface area contributed by atoms with Gasteiger partial charge in [0, 0.05) is 35.4 Å². The molecule has 1 aromatic rings. The molecule has 0 saturated heterocycles. The lowest BCUT2D eigenvalue weighted by Crippen LogP contribution is -2.11. The maximum atomic E-state index is 10.8. The summed E-state index contributed by atoms with van der Waals surface area (Å²) in [5.74, 6) is 1.09. The molecule has 0 aliphatic carbocycles. The summed E-state index contributed by atoms with van der Waals surface area (Å²) in [5.41, 5.74) is 0.372. The van der Waals surface area contributed by atoms with Gasteiger partial charge in [-0.05, 0) is 13.0 Å². The van der Waals surface area contributed by atoms with E-state index >= 15 is 0 Å². The van der Waals surface area contributed by atoms with Crippen LogP contribution in [0.25, 0.3) is 0 Å². The quantitative estimate of drug-likeness (QED) is 0.618. The molecule has 1 rings (SSSR count). The van der Waals surface area contributed by atoms with Crippen LogP contribution in [0, 0.1) is 17.0 Å². The molecular formula is C9H13N3O3S. The smallest absolute Gasteiger partial charge is 0.290 e. The Morgan fingerprint density at radius 1 is 1.56 bits per heavy atom. The highest BCUT2D eigenvalue weighted by Gasteiger charge is 2.11. The molecule has 0 aliphatic rings. The Kier molecular flexibility index (Phi) is 4.36. The van der Waals surface area contributed by atoms with Crippen LogP contribution in [-0.2, 0) is 10.8 Å². The molecule has 0 fully saturated rings. The van der Waals surface area contributed by atoms with E-state index in [-0.39, 0.29) is 5.69 Å². The van der Waals surface area contributed by atoms with Crippen LogP contribution in [0.5, 0.6) is 0 Å². The fraction of sp³-hybridized carbons (Fsp3) is 0.444. The molecule has 6 nitrogen and oxygen atoms in total. The highest BCUT2D eigenvalue weighted by Crippen LogP contribution is 2.17. The zero-order valence-electron chi connectivity index (χ0n) is 9.10. The number of hydrogen-bond acceptors (Lipinski definition) is 5. The van der Waals surface area contributed by atoms with Crippen LogP contribution >= 0.6 is 0 Å². The Bertz CT molecular complexity index is 422. The molecule has 0 amide bonds. The molecule has 1 aromatic heterocycles. The predicted molar refractivity (Wildman–Crippen MR) is 63.1 cm³/mol. The molecule has 1 heterocycles. The first-order valence-corrected chi connectivity index (χ1v) is 6.39. The van der Waals surface area contributed by atoms with E-state index < -0.39 is 15.7 Å². The minimum atomic E-state index is -0.855. The predicted octanol–water partition coefficient (Wildman–Crippen LogP) is 1.09. The van der Waals surface area contributed by atoms with Gasteiger partial charge < -0.3 is 5.32 Å². The fourth-order valence-corrected chi connectivity index (χ4v) is 1.56. The van der Waals surface area contributed by atoms with Crippen molar-refractivity contribution in [2.24, 2.45) is 0 Å². The number of aromatic nitrogens is 1. The summed E-state index contributed by atoms with van der Waals surface area (Å²) >= 11 is 0. The first-order chi connectivity index (χ1) is 7.50. The van der Waals surface area contributed by atoms with Crippen molar-refractivity contribution in [2.75, 3.05) is 23.9 Å². The van der Waals surface area contributed by atoms with Gasteiger partial charge >= 0.3 is 0 Å². The molecular weight excluding hydrogens is 230 g/mol. The number of hydrogen-bond donors (Lipinski definition) is 1. The second-order valence-electron chi connectivity index (χ2n) is 3.26.